The Morgan fingerprint density at radius 1 is 1.19 bits per heavy atom. The first kappa shape index (κ1) is 20.9. The Labute approximate surface area is 182 Å². The highest BCUT2D eigenvalue weighted by Crippen LogP contribution is 2.25. The number of benzene rings is 2. The molecule has 0 aliphatic carbocycles. The van der Waals surface area contributed by atoms with Crippen LogP contribution >= 0.6 is 0 Å². The lowest BCUT2D eigenvalue weighted by molar-refractivity contribution is -0.125. The van der Waals surface area contributed by atoms with Gasteiger partial charge in [0.05, 0.1) is 7.11 Å². The summed E-state index contributed by atoms with van der Waals surface area (Å²) in [5, 5.41) is 7.19. The van der Waals surface area contributed by atoms with Crippen molar-refractivity contribution in [3.05, 3.63) is 59.7 Å². The summed E-state index contributed by atoms with van der Waals surface area (Å²) < 4.78 is 10.6. The number of nitrogens with one attached hydrogen (secondary N) is 1. The Bertz CT molecular complexity index is 1010. The number of ether oxygens (including phenoxy) is 1. The highest BCUT2D eigenvalue weighted by Gasteiger charge is 2.27. The molecule has 7 nitrogen and oxygen atoms in total. The number of aryl methyl sites for hydroxylation is 1. The third-order valence-corrected chi connectivity index (χ3v) is 5.70. The van der Waals surface area contributed by atoms with E-state index in [4.69, 9.17) is 9.26 Å². The maximum Gasteiger partial charge on any atom is 0.324 e. The number of amides is 1. The van der Waals surface area contributed by atoms with E-state index in [9.17, 15) is 4.79 Å². The number of nitrogens with zero attached hydrogens (tertiary/aromatic N) is 3. The lowest BCUT2D eigenvalue weighted by Gasteiger charge is -2.29. The molecule has 3 aromatic rings. The van der Waals surface area contributed by atoms with Crippen LogP contribution in [0.25, 0.3) is 11.4 Å². The van der Waals surface area contributed by atoms with Crippen LogP contribution in [0.3, 0.4) is 0 Å². The molecule has 1 fully saturated rings. The summed E-state index contributed by atoms with van der Waals surface area (Å²) >= 11 is 0. The minimum atomic E-state index is 0.0257. The Balaban J connectivity index is 1.25. The maximum absolute atomic E-state index is 12.5. The maximum atomic E-state index is 12.5. The van der Waals surface area contributed by atoms with Gasteiger partial charge in [-0.3, -0.25) is 4.79 Å². The molecular weight excluding hydrogens is 392 g/mol. The summed E-state index contributed by atoms with van der Waals surface area (Å²) in [5.74, 6) is 1.50. The topological polar surface area (TPSA) is 80.5 Å². The van der Waals surface area contributed by atoms with Gasteiger partial charge in [-0.05, 0) is 56.0 Å². The number of hydrogen-bond acceptors (Lipinski definition) is 6. The summed E-state index contributed by atoms with van der Waals surface area (Å²) in [6, 6.07) is 16.4. The number of aromatic nitrogens is 2. The van der Waals surface area contributed by atoms with Crippen LogP contribution in [0, 0.1) is 12.8 Å². The van der Waals surface area contributed by atoms with Crippen LogP contribution in [-0.2, 0) is 11.2 Å². The summed E-state index contributed by atoms with van der Waals surface area (Å²) in [6.07, 6.45) is 2.40. The van der Waals surface area contributed by atoms with Crippen molar-refractivity contribution in [3.8, 4) is 17.1 Å². The average molecular weight is 421 g/mol. The molecule has 0 spiro atoms. The zero-order chi connectivity index (χ0) is 21.6. The van der Waals surface area contributed by atoms with E-state index in [0.29, 0.717) is 18.4 Å². The van der Waals surface area contributed by atoms with Crippen LogP contribution in [0.5, 0.6) is 5.75 Å². The first-order valence-electron chi connectivity index (χ1n) is 10.7. The van der Waals surface area contributed by atoms with Gasteiger partial charge in [-0.15, -0.1) is 0 Å². The van der Waals surface area contributed by atoms with Crippen molar-refractivity contribution in [2.24, 2.45) is 5.92 Å². The number of methoxy groups -OCH3 is 1. The van der Waals surface area contributed by atoms with Gasteiger partial charge in [0, 0.05) is 31.1 Å². The zero-order valence-corrected chi connectivity index (χ0v) is 18.0. The number of rotatable bonds is 7. The standard InChI is InChI=1S/C24H28N4O3/c1-17-4-3-5-18(16-17)10-13-25-23(29)20-11-14-28(15-12-20)24-26-22(27-31-24)19-6-8-21(30-2)9-7-19/h3-9,16,20H,10-15H2,1-2H3,(H,25,29). The van der Waals surface area contributed by atoms with Crippen molar-refractivity contribution in [1.29, 1.82) is 0 Å². The summed E-state index contributed by atoms with van der Waals surface area (Å²) in [4.78, 5) is 19.1. The van der Waals surface area contributed by atoms with E-state index in [1.807, 2.05) is 24.3 Å². The summed E-state index contributed by atoms with van der Waals surface area (Å²) in [7, 11) is 1.63. The normalized spacial score (nSPS) is 14.5. The van der Waals surface area contributed by atoms with Gasteiger partial charge in [-0.2, -0.15) is 4.98 Å². The molecule has 2 heterocycles. The molecule has 0 saturated carbocycles. The SMILES string of the molecule is COc1ccc(-c2noc(N3CCC(C(=O)NCCc4cccc(C)c4)CC3)n2)cc1. The summed E-state index contributed by atoms with van der Waals surface area (Å²) in [6.45, 7) is 4.19. The lowest BCUT2D eigenvalue weighted by atomic mass is 9.96. The van der Waals surface area contributed by atoms with E-state index in [0.717, 1.165) is 43.7 Å². The fourth-order valence-corrected chi connectivity index (χ4v) is 3.88. The van der Waals surface area contributed by atoms with Gasteiger partial charge in [0.2, 0.25) is 11.7 Å². The fraction of sp³-hybridized carbons (Fsp3) is 0.375. The van der Waals surface area contributed by atoms with Crippen LogP contribution in [0.2, 0.25) is 0 Å². The molecule has 1 aliphatic rings. The van der Waals surface area contributed by atoms with Crippen molar-refractivity contribution < 1.29 is 14.1 Å². The van der Waals surface area contributed by atoms with Crippen molar-refractivity contribution in [2.45, 2.75) is 26.2 Å². The number of piperidine rings is 1. The monoisotopic (exact) mass is 420 g/mol. The van der Waals surface area contributed by atoms with Gasteiger partial charge < -0.3 is 19.5 Å². The minimum absolute atomic E-state index is 0.0257. The Hall–Kier alpha value is -3.35. The van der Waals surface area contributed by atoms with Crippen LogP contribution in [0.1, 0.15) is 24.0 Å². The van der Waals surface area contributed by atoms with Gasteiger partial charge in [-0.1, -0.05) is 35.0 Å². The molecule has 0 atom stereocenters. The van der Waals surface area contributed by atoms with Crippen molar-refractivity contribution in [3.63, 3.8) is 0 Å². The van der Waals surface area contributed by atoms with E-state index < -0.39 is 0 Å². The molecule has 31 heavy (non-hydrogen) atoms. The number of carbonyl (C=O) groups is 1. The van der Waals surface area contributed by atoms with Gasteiger partial charge in [0.25, 0.3) is 0 Å². The smallest absolute Gasteiger partial charge is 0.324 e. The highest BCUT2D eigenvalue weighted by atomic mass is 16.5. The Morgan fingerprint density at radius 2 is 1.97 bits per heavy atom. The number of carbonyl (C=O) groups excluding carboxylic acids is 1. The van der Waals surface area contributed by atoms with Crippen LogP contribution in [0.15, 0.2) is 53.1 Å². The predicted molar refractivity (Wildman–Crippen MR) is 119 cm³/mol. The van der Waals surface area contributed by atoms with Crippen molar-refractivity contribution in [1.82, 2.24) is 15.5 Å². The van der Waals surface area contributed by atoms with E-state index in [2.05, 4.69) is 51.5 Å². The fourth-order valence-electron chi connectivity index (χ4n) is 3.88. The molecule has 1 amide bonds. The second kappa shape index (κ2) is 9.64. The minimum Gasteiger partial charge on any atom is -0.497 e. The molecule has 162 valence electrons. The van der Waals surface area contributed by atoms with Gasteiger partial charge >= 0.3 is 6.01 Å². The average Bonchev–Trinajstić information content (AvgIpc) is 3.29. The van der Waals surface area contributed by atoms with Crippen LogP contribution in [-0.4, -0.2) is 42.8 Å². The molecule has 4 rings (SSSR count). The number of hydrogen-bond donors (Lipinski definition) is 1. The molecule has 0 radical (unpaired) electrons. The van der Waals surface area contributed by atoms with E-state index >= 15 is 0 Å². The first-order chi connectivity index (χ1) is 15.1. The van der Waals surface area contributed by atoms with Gasteiger partial charge in [0.15, 0.2) is 0 Å². The predicted octanol–water partition coefficient (Wildman–Crippen LogP) is 3.63. The molecule has 7 heteroatoms. The third-order valence-electron chi connectivity index (χ3n) is 5.70. The molecule has 0 unspecified atom stereocenters. The molecule has 1 aromatic heterocycles. The molecule has 1 saturated heterocycles. The van der Waals surface area contributed by atoms with E-state index in [-0.39, 0.29) is 11.8 Å². The van der Waals surface area contributed by atoms with Gasteiger partial charge in [-0.25, -0.2) is 0 Å². The van der Waals surface area contributed by atoms with Crippen LogP contribution in [0.4, 0.5) is 6.01 Å². The van der Waals surface area contributed by atoms with Crippen LogP contribution < -0.4 is 15.0 Å². The molecule has 1 aliphatic heterocycles. The van der Waals surface area contributed by atoms with E-state index in [1.54, 1.807) is 7.11 Å². The summed E-state index contributed by atoms with van der Waals surface area (Å²) in [5.41, 5.74) is 3.37. The molecular formula is C24H28N4O3. The highest BCUT2D eigenvalue weighted by molar-refractivity contribution is 5.79. The zero-order valence-electron chi connectivity index (χ0n) is 18.0. The second-order valence-corrected chi connectivity index (χ2v) is 7.92. The Kier molecular flexibility index (Phi) is 6.50. The van der Waals surface area contributed by atoms with Crippen molar-refractivity contribution in [2.75, 3.05) is 31.6 Å². The quantitative estimate of drug-likeness (QED) is 0.629. The second-order valence-electron chi connectivity index (χ2n) is 7.92. The number of anilines is 1. The van der Waals surface area contributed by atoms with Crippen molar-refractivity contribution >= 4 is 11.9 Å². The molecule has 0 bridgehead atoms. The largest absolute Gasteiger partial charge is 0.497 e. The molecule has 2 aromatic carbocycles. The lowest BCUT2D eigenvalue weighted by Crippen LogP contribution is -2.41. The Morgan fingerprint density at radius 3 is 2.68 bits per heavy atom. The van der Waals surface area contributed by atoms with Gasteiger partial charge in [0.1, 0.15) is 5.75 Å². The third kappa shape index (κ3) is 5.23. The van der Waals surface area contributed by atoms with E-state index in [1.165, 1.54) is 11.1 Å². The molecule has 1 N–H and O–H groups in total. The first-order valence-corrected chi connectivity index (χ1v) is 10.7.